The molecule has 1 heterocycles. The number of nitrogens with zero attached hydrogens (tertiary/aromatic N) is 2. The lowest BCUT2D eigenvalue weighted by molar-refractivity contribution is -0.897. The van der Waals surface area contributed by atoms with Crippen molar-refractivity contribution in [2.75, 3.05) is 47.3 Å². The number of likely N-dealkylation sites (N-methyl/N-ethyl adjacent to an activating group) is 2. The monoisotopic (exact) mass is 172 g/mol. The summed E-state index contributed by atoms with van der Waals surface area (Å²) >= 11 is 0. The molecule has 12 heavy (non-hydrogen) atoms. The standard InChI is InChI=1S/C9H22N3/c1-11-6-7-12(2,3)8-9(11)4-5-10/h9H,4-8,10H2,1-3H3/q+1. The average Bonchev–Trinajstić information content (AvgIpc) is 1.97. The first kappa shape index (κ1) is 9.96. The van der Waals surface area contributed by atoms with Gasteiger partial charge >= 0.3 is 0 Å². The number of hydrogen-bond donors (Lipinski definition) is 1. The topological polar surface area (TPSA) is 29.3 Å². The summed E-state index contributed by atoms with van der Waals surface area (Å²) in [5.74, 6) is 0. The predicted octanol–water partition coefficient (Wildman–Crippen LogP) is -0.274. The summed E-state index contributed by atoms with van der Waals surface area (Å²) in [6, 6.07) is 0.693. The van der Waals surface area contributed by atoms with Gasteiger partial charge in [0.15, 0.2) is 0 Å². The molecule has 1 rings (SSSR count). The van der Waals surface area contributed by atoms with Gasteiger partial charge < -0.3 is 10.2 Å². The first-order valence-electron chi connectivity index (χ1n) is 4.77. The summed E-state index contributed by atoms with van der Waals surface area (Å²) in [6.07, 6.45) is 1.14. The molecule has 3 heteroatoms. The van der Waals surface area contributed by atoms with Crippen LogP contribution in [0, 0.1) is 0 Å². The van der Waals surface area contributed by atoms with E-state index in [0.717, 1.165) is 17.4 Å². The fourth-order valence-electron chi connectivity index (χ4n) is 1.92. The van der Waals surface area contributed by atoms with Gasteiger partial charge in [0.05, 0.1) is 33.2 Å². The Hall–Kier alpha value is -0.120. The van der Waals surface area contributed by atoms with E-state index in [4.69, 9.17) is 5.73 Å². The van der Waals surface area contributed by atoms with E-state index >= 15 is 0 Å². The smallest absolute Gasteiger partial charge is 0.0941 e. The van der Waals surface area contributed by atoms with Crippen LogP contribution in [0.5, 0.6) is 0 Å². The van der Waals surface area contributed by atoms with Crippen molar-refractivity contribution in [3.8, 4) is 0 Å². The third kappa shape index (κ3) is 2.44. The lowest BCUT2D eigenvalue weighted by Crippen LogP contribution is -2.59. The van der Waals surface area contributed by atoms with Gasteiger partial charge in [0, 0.05) is 6.54 Å². The summed E-state index contributed by atoms with van der Waals surface area (Å²) in [5, 5.41) is 0. The molecule has 0 bridgehead atoms. The Morgan fingerprint density at radius 1 is 1.50 bits per heavy atom. The number of quaternary nitrogens is 1. The molecule has 0 spiro atoms. The lowest BCUT2D eigenvalue weighted by Gasteiger charge is -2.43. The van der Waals surface area contributed by atoms with Crippen LogP contribution >= 0.6 is 0 Å². The maximum Gasteiger partial charge on any atom is 0.0941 e. The van der Waals surface area contributed by atoms with Crippen LogP contribution in [0.2, 0.25) is 0 Å². The largest absolute Gasteiger partial charge is 0.330 e. The molecule has 0 radical (unpaired) electrons. The van der Waals surface area contributed by atoms with Gasteiger partial charge in [-0.05, 0) is 20.0 Å². The van der Waals surface area contributed by atoms with Crippen molar-refractivity contribution < 1.29 is 4.48 Å². The zero-order chi connectivity index (χ0) is 9.19. The summed E-state index contributed by atoms with van der Waals surface area (Å²) in [6.45, 7) is 4.53. The Bertz CT molecular complexity index is 145. The quantitative estimate of drug-likeness (QED) is 0.581. The van der Waals surface area contributed by atoms with Crippen LogP contribution < -0.4 is 5.73 Å². The Morgan fingerprint density at radius 2 is 2.17 bits per heavy atom. The number of hydrogen-bond acceptors (Lipinski definition) is 2. The number of nitrogens with two attached hydrogens (primary N) is 1. The van der Waals surface area contributed by atoms with Crippen molar-refractivity contribution in [1.29, 1.82) is 0 Å². The molecular weight excluding hydrogens is 150 g/mol. The fourth-order valence-corrected chi connectivity index (χ4v) is 1.92. The van der Waals surface area contributed by atoms with Gasteiger partial charge in [0.1, 0.15) is 0 Å². The normalized spacial score (nSPS) is 30.5. The van der Waals surface area contributed by atoms with Crippen molar-refractivity contribution in [3.05, 3.63) is 0 Å². The van der Waals surface area contributed by atoms with E-state index in [0.29, 0.717) is 6.04 Å². The minimum atomic E-state index is 0.693. The van der Waals surface area contributed by atoms with E-state index in [2.05, 4.69) is 26.0 Å². The summed E-state index contributed by atoms with van der Waals surface area (Å²) in [5.41, 5.74) is 5.58. The second kappa shape index (κ2) is 3.73. The molecule has 3 nitrogen and oxygen atoms in total. The highest BCUT2D eigenvalue weighted by Gasteiger charge is 2.30. The summed E-state index contributed by atoms with van der Waals surface area (Å²) in [4.78, 5) is 2.44. The van der Waals surface area contributed by atoms with Crippen LogP contribution in [0.4, 0.5) is 0 Å². The van der Waals surface area contributed by atoms with E-state index in [1.54, 1.807) is 0 Å². The van der Waals surface area contributed by atoms with Crippen molar-refractivity contribution in [2.24, 2.45) is 5.73 Å². The molecule has 0 aromatic carbocycles. The van der Waals surface area contributed by atoms with E-state index in [-0.39, 0.29) is 0 Å². The zero-order valence-corrected chi connectivity index (χ0v) is 8.58. The molecular formula is C9H22N3+. The molecule has 0 aliphatic carbocycles. The molecule has 0 amide bonds. The maximum atomic E-state index is 5.58. The molecule has 1 saturated heterocycles. The van der Waals surface area contributed by atoms with Crippen molar-refractivity contribution in [2.45, 2.75) is 12.5 Å². The van der Waals surface area contributed by atoms with E-state index in [9.17, 15) is 0 Å². The molecule has 2 N–H and O–H groups in total. The summed E-state index contributed by atoms with van der Waals surface area (Å²) in [7, 11) is 6.81. The van der Waals surface area contributed by atoms with Crippen molar-refractivity contribution in [3.63, 3.8) is 0 Å². The minimum Gasteiger partial charge on any atom is -0.330 e. The van der Waals surface area contributed by atoms with Gasteiger partial charge in [-0.25, -0.2) is 0 Å². The summed E-state index contributed by atoms with van der Waals surface area (Å²) < 4.78 is 1.15. The highest BCUT2D eigenvalue weighted by atomic mass is 15.4. The van der Waals surface area contributed by atoms with Crippen molar-refractivity contribution in [1.82, 2.24) is 4.90 Å². The second-order valence-electron chi connectivity index (χ2n) is 4.55. The van der Waals surface area contributed by atoms with Crippen LogP contribution in [0.15, 0.2) is 0 Å². The van der Waals surface area contributed by atoms with E-state index in [1.165, 1.54) is 19.6 Å². The average molecular weight is 172 g/mol. The fraction of sp³-hybridized carbons (Fsp3) is 1.00. The molecule has 1 unspecified atom stereocenters. The van der Waals surface area contributed by atoms with Gasteiger partial charge in [-0.15, -0.1) is 0 Å². The van der Waals surface area contributed by atoms with Gasteiger partial charge in [-0.3, -0.25) is 4.90 Å². The molecule has 0 saturated carbocycles. The van der Waals surface area contributed by atoms with Crippen LogP contribution in [0.3, 0.4) is 0 Å². The van der Waals surface area contributed by atoms with E-state index < -0.39 is 0 Å². The lowest BCUT2D eigenvalue weighted by atomic mass is 10.1. The third-order valence-corrected chi connectivity index (χ3v) is 2.89. The van der Waals surface area contributed by atoms with Crippen molar-refractivity contribution >= 4 is 0 Å². The molecule has 72 valence electrons. The first-order valence-corrected chi connectivity index (χ1v) is 4.77. The van der Waals surface area contributed by atoms with Crippen LogP contribution in [-0.4, -0.2) is 62.7 Å². The minimum absolute atomic E-state index is 0.693. The third-order valence-electron chi connectivity index (χ3n) is 2.89. The Labute approximate surface area is 75.7 Å². The SMILES string of the molecule is CN1CC[N+](C)(C)CC1CCN. The van der Waals surface area contributed by atoms with Gasteiger partial charge in [0.25, 0.3) is 0 Å². The molecule has 1 atom stereocenters. The highest BCUT2D eigenvalue weighted by Crippen LogP contribution is 2.13. The zero-order valence-electron chi connectivity index (χ0n) is 8.58. The molecule has 1 aliphatic heterocycles. The molecule has 0 aromatic rings. The molecule has 1 fully saturated rings. The van der Waals surface area contributed by atoms with Crippen LogP contribution in [-0.2, 0) is 0 Å². The highest BCUT2D eigenvalue weighted by molar-refractivity contribution is 4.72. The first-order chi connectivity index (χ1) is 5.55. The van der Waals surface area contributed by atoms with Gasteiger partial charge in [-0.2, -0.15) is 0 Å². The predicted molar refractivity (Wildman–Crippen MR) is 51.9 cm³/mol. The van der Waals surface area contributed by atoms with E-state index in [1.807, 2.05) is 0 Å². The van der Waals surface area contributed by atoms with Crippen LogP contribution in [0.1, 0.15) is 6.42 Å². The number of piperazine rings is 1. The Kier molecular flexibility index (Phi) is 3.09. The molecule has 0 aromatic heterocycles. The second-order valence-corrected chi connectivity index (χ2v) is 4.55. The maximum absolute atomic E-state index is 5.58. The molecule has 1 aliphatic rings. The Balaban J connectivity index is 2.47. The van der Waals surface area contributed by atoms with Gasteiger partial charge in [0.2, 0.25) is 0 Å². The van der Waals surface area contributed by atoms with Gasteiger partial charge in [-0.1, -0.05) is 0 Å². The van der Waals surface area contributed by atoms with Crippen LogP contribution in [0.25, 0.3) is 0 Å². The number of rotatable bonds is 2. The Morgan fingerprint density at radius 3 is 2.75 bits per heavy atom.